The van der Waals surface area contributed by atoms with Gasteiger partial charge in [-0.2, -0.15) is 15.8 Å². The van der Waals surface area contributed by atoms with E-state index in [0.29, 0.717) is 0 Å². The Morgan fingerprint density at radius 1 is 1.00 bits per heavy atom. The lowest BCUT2D eigenvalue weighted by atomic mass is 9.97. The maximum atomic E-state index is 9.73. The lowest BCUT2D eigenvalue weighted by Gasteiger charge is -1.90. The minimum absolute atomic E-state index is 1.03. The number of carbonyl (C=O) groups excluding carboxylic acids is 1. The van der Waals surface area contributed by atoms with Gasteiger partial charge in [-0.1, -0.05) is 0 Å². The van der Waals surface area contributed by atoms with Gasteiger partial charge in [0.2, 0.25) is 0 Å². The summed E-state index contributed by atoms with van der Waals surface area (Å²) in [6, 6.07) is 3.66. The Labute approximate surface area is 51.5 Å². The van der Waals surface area contributed by atoms with Crippen LogP contribution in [-0.2, 0) is 4.79 Å². The molecular weight excluding hydrogens is 118 g/mol. The molecule has 0 rings (SSSR count). The Balaban J connectivity index is 4.76. The molecule has 0 aliphatic rings. The second-order valence-corrected chi connectivity index (χ2v) is 1.19. The third-order valence-corrected chi connectivity index (χ3v) is 0.656. The summed E-state index contributed by atoms with van der Waals surface area (Å²) in [4.78, 5) is 9.73. The Bertz CT molecular complexity index is 200. The predicted molar refractivity (Wildman–Crippen MR) is 25.0 cm³/mol. The Hall–Kier alpha value is -1.86. The first kappa shape index (κ1) is 7.14. The van der Waals surface area contributed by atoms with E-state index in [9.17, 15) is 4.79 Å². The van der Waals surface area contributed by atoms with Crippen LogP contribution >= 0.6 is 0 Å². The SMILES string of the molecule is N#CC([C]=O)(C#N)C#N. The Morgan fingerprint density at radius 3 is 1.33 bits per heavy atom. The average molecular weight is 118 g/mol. The van der Waals surface area contributed by atoms with Crippen LogP contribution in [0.25, 0.3) is 0 Å². The van der Waals surface area contributed by atoms with E-state index < -0.39 is 5.41 Å². The van der Waals surface area contributed by atoms with Gasteiger partial charge < -0.3 is 0 Å². The van der Waals surface area contributed by atoms with Crippen LogP contribution in [0.2, 0.25) is 0 Å². The topological polar surface area (TPSA) is 88.4 Å². The normalized spacial score (nSPS) is 8.11. The van der Waals surface area contributed by atoms with Crippen LogP contribution in [-0.4, -0.2) is 6.29 Å². The molecule has 41 valence electrons. The standard InChI is InChI=1S/C5N3O/c6-1-5(2-7,3-8)4-9. The van der Waals surface area contributed by atoms with Crippen molar-refractivity contribution in [1.82, 2.24) is 0 Å². The van der Waals surface area contributed by atoms with Crippen LogP contribution in [0.4, 0.5) is 0 Å². The van der Waals surface area contributed by atoms with Crippen molar-refractivity contribution in [1.29, 1.82) is 15.8 Å². The second kappa shape index (κ2) is 2.45. The predicted octanol–water partition coefficient (Wildman–Crippen LogP) is -0.347. The third-order valence-electron chi connectivity index (χ3n) is 0.656. The molecular formula is C5N3O. The molecule has 0 saturated carbocycles. The van der Waals surface area contributed by atoms with Crippen LogP contribution in [0, 0.1) is 39.4 Å². The van der Waals surface area contributed by atoms with Crippen molar-refractivity contribution in [3.8, 4) is 18.2 Å². The highest BCUT2D eigenvalue weighted by Crippen LogP contribution is 2.06. The summed E-state index contributed by atoms with van der Waals surface area (Å²) >= 11 is 0. The highest BCUT2D eigenvalue weighted by atomic mass is 16.1. The van der Waals surface area contributed by atoms with Crippen molar-refractivity contribution in [3.05, 3.63) is 0 Å². The Morgan fingerprint density at radius 2 is 1.33 bits per heavy atom. The molecule has 0 atom stereocenters. The lowest BCUT2D eigenvalue weighted by Crippen LogP contribution is -2.13. The molecule has 4 heteroatoms. The summed E-state index contributed by atoms with van der Waals surface area (Å²) in [5.74, 6) is 0. The summed E-state index contributed by atoms with van der Waals surface area (Å²) < 4.78 is 0. The number of nitrogens with zero attached hydrogens (tertiary/aromatic N) is 3. The fourth-order valence-electron chi connectivity index (χ4n) is 0.143. The monoisotopic (exact) mass is 118 g/mol. The first-order valence-corrected chi connectivity index (χ1v) is 1.87. The minimum Gasteiger partial charge on any atom is -0.286 e. The van der Waals surface area contributed by atoms with E-state index in [2.05, 4.69) is 0 Å². The first-order chi connectivity index (χ1) is 4.24. The molecule has 0 aliphatic carbocycles. The molecule has 4 nitrogen and oxygen atoms in total. The molecule has 0 spiro atoms. The zero-order valence-electron chi connectivity index (χ0n) is 4.25. The molecule has 0 heterocycles. The van der Waals surface area contributed by atoms with Crippen LogP contribution in [0.1, 0.15) is 0 Å². The van der Waals surface area contributed by atoms with Gasteiger partial charge in [-0.25, -0.2) is 0 Å². The highest BCUT2D eigenvalue weighted by molar-refractivity contribution is 5.73. The number of nitriles is 3. The third kappa shape index (κ3) is 1.02. The van der Waals surface area contributed by atoms with Gasteiger partial charge in [-0.3, -0.25) is 4.79 Å². The smallest absolute Gasteiger partial charge is 0.286 e. The van der Waals surface area contributed by atoms with E-state index in [0.717, 1.165) is 6.29 Å². The fraction of sp³-hybridized carbons (Fsp3) is 0.200. The molecule has 0 amide bonds. The van der Waals surface area contributed by atoms with E-state index in [1.165, 1.54) is 18.2 Å². The molecule has 0 saturated heterocycles. The summed E-state index contributed by atoms with van der Waals surface area (Å²) in [7, 11) is 0. The molecule has 0 unspecified atom stereocenters. The van der Waals surface area contributed by atoms with Crippen LogP contribution in [0.5, 0.6) is 0 Å². The lowest BCUT2D eigenvalue weighted by molar-refractivity contribution is 0.539. The maximum Gasteiger partial charge on any atom is 0.293 e. The van der Waals surface area contributed by atoms with E-state index >= 15 is 0 Å². The molecule has 0 bridgehead atoms. The molecule has 1 radical (unpaired) electrons. The zero-order chi connectivity index (χ0) is 7.33. The van der Waals surface area contributed by atoms with Gasteiger partial charge in [0, 0.05) is 0 Å². The van der Waals surface area contributed by atoms with E-state index in [-0.39, 0.29) is 0 Å². The zero-order valence-corrected chi connectivity index (χ0v) is 4.25. The van der Waals surface area contributed by atoms with E-state index in [1.807, 2.05) is 0 Å². The largest absolute Gasteiger partial charge is 0.293 e. The molecule has 0 aliphatic heterocycles. The number of rotatable bonds is 1. The number of hydrogen-bond donors (Lipinski definition) is 0. The van der Waals surface area contributed by atoms with Gasteiger partial charge >= 0.3 is 0 Å². The quantitative estimate of drug-likeness (QED) is 0.470. The van der Waals surface area contributed by atoms with Gasteiger partial charge in [-0.05, 0) is 0 Å². The van der Waals surface area contributed by atoms with E-state index in [4.69, 9.17) is 15.8 Å². The van der Waals surface area contributed by atoms with Crippen molar-refractivity contribution < 1.29 is 4.79 Å². The summed E-state index contributed by atoms with van der Waals surface area (Å²) in [5.41, 5.74) is -2.22. The molecule has 0 aromatic carbocycles. The summed E-state index contributed by atoms with van der Waals surface area (Å²) in [6.45, 7) is 0. The number of hydrogen-bond acceptors (Lipinski definition) is 4. The van der Waals surface area contributed by atoms with Gasteiger partial charge in [0.15, 0.2) is 0 Å². The minimum atomic E-state index is -2.22. The van der Waals surface area contributed by atoms with Crippen LogP contribution in [0.3, 0.4) is 0 Å². The maximum absolute atomic E-state index is 9.73. The van der Waals surface area contributed by atoms with Gasteiger partial charge in [0.1, 0.15) is 18.2 Å². The Kier molecular flexibility index (Phi) is 1.94. The molecule has 0 N–H and O–H groups in total. The van der Waals surface area contributed by atoms with Gasteiger partial charge in [-0.15, -0.1) is 0 Å². The van der Waals surface area contributed by atoms with Crippen LogP contribution in [0.15, 0.2) is 0 Å². The molecule has 0 aromatic rings. The molecule has 9 heavy (non-hydrogen) atoms. The first-order valence-electron chi connectivity index (χ1n) is 1.87. The van der Waals surface area contributed by atoms with E-state index in [1.54, 1.807) is 0 Å². The molecule has 0 aromatic heterocycles. The summed E-state index contributed by atoms with van der Waals surface area (Å²) in [6.07, 6.45) is 1.03. The van der Waals surface area contributed by atoms with Crippen molar-refractivity contribution in [2.24, 2.45) is 5.41 Å². The van der Waals surface area contributed by atoms with Crippen molar-refractivity contribution in [2.45, 2.75) is 0 Å². The average Bonchev–Trinajstić information content (AvgIpc) is 1.95. The van der Waals surface area contributed by atoms with Crippen LogP contribution < -0.4 is 0 Å². The van der Waals surface area contributed by atoms with Gasteiger partial charge in [0.25, 0.3) is 11.7 Å². The molecule has 0 fully saturated rings. The summed E-state index contributed by atoms with van der Waals surface area (Å²) in [5, 5.41) is 24.1. The van der Waals surface area contributed by atoms with Gasteiger partial charge in [0.05, 0.1) is 0 Å². The second-order valence-electron chi connectivity index (χ2n) is 1.19. The van der Waals surface area contributed by atoms with Crippen molar-refractivity contribution in [2.75, 3.05) is 0 Å². The van der Waals surface area contributed by atoms with Crippen molar-refractivity contribution >= 4 is 6.29 Å². The van der Waals surface area contributed by atoms with Crippen molar-refractivity contribution in [3.63, 3.8) is 0 Å². The fourth-order valence-corrected chi connectivity index (χ4v) is 0.143. The highest BCUT2D eigenvalue weighted by Gasteiger charge is 2.30.